The number of hydrogen-bond donors (Lipinski definition) is 1. The van der Waals surface area contributed by atoms with Gasteiger partial charge < -0.3 is 10.5 Å². The van der Waals surface area contributed by atoms with Gasteiger partial charge in [-0.15, -0.1) is 0 Å². The average molecular weight is 221 g/mol. The summed E-state index contributed by atoms with van der Waals surface area (Å²) in [7, 11) is 3.15. The van der Waals surface area contributed by atoms with Gasteiger partial charge in [0, 0.05) is 12.6 Å². The zero-order chi connectivity index (χ0) is 11.7. The lowest BCUT2D eigenvalue weighted by atomic mass is 10.1. The Hall–Kier alpha value is -2.04. The topological polar surface area (TPSA) is 53.1 Å². The molecule has 0 atom stereocenters. The van der Waals surface area contributed by atoms with Crippen LogP contribution >= 0.6 is 0 Å². The second kappa shape index (κ2) is 3.84. The molecule has 0 unspecified atom stereocenters. The highest BCUT2D eigenvalue weighted by Gasteiger charge is 2.15. The molecule has 0 spiro atoms. The second-order valence-corrected chi connectivity index (χ2v) is 3.43. The van der Waals surface area contributed by atoms with Crippen molar-refractivity contribution >= 4 is 5.69 Å². The van der Waals surface area contributed by atoms with E-state index in [-0.39, 0.29) is 5.69 Å². The Balaban J connectivity index is 2.64. The molecule has 1 heterocycles. The first-order valence-electron chi connectivity index (χ1n) is 4.75. The molecule has 2 rings (SSSR count). The molecule has 16 heavy (non-hydrogen) atoms. The molecule has 0 amide bonds. The molecule has 0 radical (unpaired) electrons. The number of anilines is 1. The number of rotatable bonds is 2. The maximum Gasteiger partial charge on any atom is 0.169 e. The van der Waals surface area contributed by atoms with Gasteiger partial charge in [0.1, 0.15) is 5.69 Å². The van der Waals surface area contributed by atoms with E-state index < -0.39 is 5.82 Å². The summed E-state index contributed by atoms with van der Waals surface area (Å²) in [6.45, 7) is 0. The Morgan fingerprint density at radius 3 is 2.75 bits per heavy atom. The van der Waals surface area contributed by atoms with Crippen molar-refractivity contribution in [2.75, 3.05) is 12.8 Å². The van der Waals surface area contributed by atoms with E-state index in [1.54, 1.807) is 25.2 Å². The van der Waals surface area contributed by atoms with Gasteiger partial charge in [-0.25, -0.2) is 4.39 Å². The minimum absolute atomic E-state index is 0.242. The van der Waals surface area contributed by atoms with Gasteiger partial charge in [-0.3, -0.25) is 4.68 Å². The van der Waals surface area contributed by atoms with Crippen molar-refractivity contribution in [1.29, 1.82) is 0 Å². The van der Waals surface area contributed by atoms with Gasteiger partial charge in [0.2, 0.25) is 0 Å². The van der Waals surface area contributed by atoms with Crippen LogP contribution in [0.2, 0.25) is 0 Å². The molecule has 1 aromatic heterocycles. The molecular weight excluding hydrogens is 209 g/mol. The number of hydrogen-bond acceptors (Lipinski definition) is 3. The minimum Gasteiger partial charge on any atom is -0.494 e. The molecule has 0 bridgehead atoms. The Kier molecular flexibility index (Phi) is 2.52. The number of ether oxygens (including phenoxy) is 1. The molecule has 84 valence electrons. The number of methoxy groups -OCH3 is 1. The summed E-state index contributed by atoms with van der Waals surface area (Å²) in [6.07, 6.45) is 1.30. The van der Waals surface area contributed by atoms with Gasteiger partial charge in [0.15, 0.2) is 11.6 Å². The first kappa shape index (κ1) is 10.5. The highest BCUT2D eigenvalue weighted by Crippen LogP contribution is 2.34. The number of nitrogens with zero attached hydrogens (tertiary/aromatic N) is 2. The predicted molar refractivity (Wildman–Crippen MR) is 59.6 cm³/mol. The molecule has 0 aliphatic rings. The van der Waals surface area contributed by atoms with E-state index in [1.807, 2.05) is 0 Å². The van der Waals surface area contributed by atoms with Crippen molar-refractivity contribution < 1.29 is 9.13 Å². The lowest BCUT2D eigenvalue weighted by Crippen LogP contribution is -1.96. The van der Waals surface area contributed by atoms with E-state index in [4.69, 9.17) is 10.5 Å². The fourth-order valence-electron chi connectivity index (χ4n) is 1.61. The van der Waals surface area contributed by atoms with Gasteiger partial charge in [-0.1, -0.05) is 6.07 Å². The van der Waals surface area contributed by atoms with Crippen LogP contribution in [0.3, 0.4) is 0 Å². The Morgan fingerprint density at radius 2 is 2.19 bits per heavy atom. The van der Waals surface area contributed by atoms with Crippen LogP contribution in [-0.2, 0) is 7.05 Å². The van der Waals surface area contributed by atoms with Crippen molar-refractivity contribution in [3.8, 4) is 17.0 Å². The van der Waals surface area contributed by atoms with E-state index in [9.17, 15) is 4.39 Å². The second-order valence-electron chi connectivity index (χ2n) is 3.43. The molecule has 5 heteroatoms. The Morgan fingerprint density at radius 1 is 1.44 bits per heavy atom. The summed E-state index contributed by atoms with van der Waals surface area (Å²) in [5.41, 5.74) is 7.01. The molecular formula is C11H12FN3O. The predicted octanol–water partition coefficient (Wildman–Crippen LogP) is 1.82. The van der Waals surface area contributed by atoms with Crippen molar-refractivity contribution in [2.24, 2.45) is 7.05 Å². The van der Waals surface area contributed by atoms with Crippen LogP contribution in [-0.4, -0.2) is 16.9 Å². The minimum atomic E-state index is -0.397. The van der Waals surface area contributed by atoms with Crippen molar-refractivity contribution in [2.45, 2.75) is 0 Å². The van der Waals surface area contributed by atoms with Crippen molar-refractivity contribution in [3.63, 3.8) is 0 Å². The number of aromatic nitrogens is 2. The lowest BCUT2D eigenvalue weighted by molar-refractivity contribution is 0.418. The zero-order valence-corrected chi connectivity index (χ0v) is 9.07. The third-order valence-corrected chi connectivity index (χ3v) is 2.29. The molecule has 2 N–H and O–H groups in total. The average Bonchev–Trinajstić information content (AvgIpc) is 2.57. The summed E-state index contributed by atoms with van der Waals surface area (Å²) in [6, 6.07) is 5.16. The molecule has 0 saturated carbocycles. The van der Waals surface area contributed by atoms with E-state index in [0.29, 0.717) is 17.0 Å². The monoisotopic (exact) mass is 221 g/mol. The van der Waals surface area contributed by atoms with Crippen LogP contribution in [0.5, 0.6) is 5.75 Å². The van der Waals surface area contributed by atoms with Crippen LogP contribution in [0, 0.1) is 5.82 Å². The van der Waals surface area contributed by atoms with Crippen LogP contribution in [0.1, 0.15) is 0 Å². The Bertz CT molecular complexity index is 522. The molecule has 4 nitrogen and oxygen atoms in total. The van der Waals surface area contributed by atoms with Gasteiger partial charge in [-0.2, -0.15) is 5.10 Å². The van der Waals surface area contributed by atoms with Gasteiger partial charge >= 0.3 is 0 Å². The first-order valence-corrected chi connectivity index (χ1v) is 4.75. The third kappa shape index (κ3) is 1.60. The number of halogens is 1. The standard InChI is InChI=1S/C11H12FN3O/c1-15-6-8(12)10(14-15)7-4-3-5-9(13)11(7)16-2/h3-6H,13H2,1-2H3. The highest BCUT2D eigenvalue weighted by atomic mass is 19.1. The number of nitrogens with two attached hydrogens (primary N) is 1. The fraction of sp³-hybridized carbons (Fsp3) is 0.182. The van der Waals surface area contributed by atoms with E-state index in [1.165, 1.54) is 18.0 Å². The number of para-hydroxylation sites is 1. The smallest absolute Gasteiger partial charge is 0.169 e. The highest BCUT2D eigenvalue weighted by molar-refractivity contribution is 5.75. The van der Waals surface area contributed by atoms with E-state index >= 15 is 0 Å². The van der Waals surface area contributed by atoms with Crippen LogP contribution in [0.15, 0.2) is 24.4 Å². The SMILES string of the molecule is COc1c(N)cccc1-c1nn(C)cc1F. The van der Waals surface area contributed by atoms with Crippen LogP contribution in [0.25, 0.3) is 11.3 Å². The van der Waals surface area contributed by atoms with E-state index in [0.717, 1.165) is 0 Å². The summed E-state index contributed by atoms with van der Waals surface area (Å²) >= 11 is 0. The van der Waals surface area contributed by atoms with Gasteiger partial charge in [0.25, 0.3) is 0 Å². The first-order chi connectivity index (χ1) is 7.63. The van der Waals surface area contributed by atoms with E-state index in [2.05, 4.69) is 5.10 Å². The zero-order valence-electron chi connectivity index (χ0n) is 9.07. The van der Waals surface area contributed by atoms with Crippen LogP contribution in [0.4, 0.5) is 10.1 Å². The largest absolute Gasteiger partial charge is 0.494 e. The quantitative estimate of drug-likeness (QED) is 0.787. The normalized spacial score (nSPS) is 10.4. The summed E-state index contributed by atoms with van der Waals surface area (Å²) in [4.78, 5) is 0. The van der Waals surface area contributed by atoms with Crippen LogP contribution < -0.4 is 10.5 Å². The van der Waals surface area contributed by atoms with Gasteiger partial charge in [-0.05, 0) is 12.1 Å². The summed E-state index contributed by atoms with van der Waals surface area (Å²) < 4.78 is 20.1. The van der Waals surface area contributed by atoms with Gasteiger partial charge in [0.05, 0.1) is 19.0 Å². The Labute approximate surface area is 92.4 Å². The molecule has 1 aromatic carbocycles. The number of benzene rings is 1. The molecule has 0 saturated heterocycles. The van der Waals surface area contributed by atoms with Crippen molar-refractivity contribution in [3.05, 3.63) is 30.2 Å². The van der Waals surface area contributed by atoms with Crippen molar-refractivity contribution in [1.82, 2.24) is 9.78 Å². The maximum atomic E-state index is 13.6. The third-order valence-electron chi connectivity index (χ3n) is 2.29. The summed E-state index contributed by atoms with van der Waals surface area (Å²) in [5.74, 6) is 0.0477. The number of nitrogen functional groups attached to an aromatic ring is 1. The molecule has 0 fully saturated rings. The molecule has 0 aliphatic heterocycles. The number of aryl methyl sites for hydroxylation is 1. The maximum absolute atomic E-state index is 13.6. The summed E-state index contributed by atoms with van der Waals surface area (Å²) in [5, 5.41) is 4.04. The fourth-order valence-corrected chi connectivity index (χ4v) is 1.61. The lowest BCUT2D eigenvalue weighted by Gasteiger charge is -2.08. The molecule has 2 aromatic rings. The molecule has 0 aliphatic carbocycles.